The lowest BCUT2D eigenvalue weighted by atomic mass is 10.0. The molecule has 23 heavy (non-hydrogen) atoms. The average Bonchev–Trinajstić information content (AvgIpc) is 2.76. The van der Waals surface area contributed by atoms with E-state index in [4.69, 9.17) is 17.0 Å². The number of thiocarbonyl (C=S) groups is 1. The van der Waals surface area contributed by atoms with Crippen LogP contribution in [-0.4, -0.2) is 34.2 Å². The molecule has 122 valence electrons. The molecular formula is C17H19NO3S2. The van der Waals surface area contributed by atoms with Gasteiger partial charge in [0.1, 0.15) is 10.9 Å². The van der Waals surface area contributed by atoms with Gasteiger partial charge >= 0.3 is 5.97 Å². The Balaban J connectivity index is 2.13. The molecule has 1 aliphatic rings. The molecule has 0 bridgehead atoms. The minimum atomic E-state index is -0.452. The molecule has 0 spiro atoms. The van der Waals surface area contributed by atoms with Crippen molar-refractivity contribution in [1.82, 2.24) is 4.90 Å². The van der Waals surface area contributed by atoms with Crippen LogP contribution in [0.15, 0.2) is 29.2 Å². The summed E-state index contributed by atoms with van der Waals surface area (Å²) in [6.07, 6.45) is 1.80. The normalized spacial score (nSPS) is 16.5. The first-order valence-corrected chi connectivity index (χ1v) is 8.65. The molecule has 0 radical (unpaired) electrons. The number of carbonyl (C=O) groups excluding carboxylic acids is 2. The van der Waals surface area contributed by atoms with Crippen LogP contribution in [0.4, 0.5) is 0 Å². The zero-order valence-corrected chi connectivity index (χ0v) is 15.0. The molecule has 0 aromatic heterocycles. The van der Waals surface area contributed by atoms with Crippen LogP contribution in [0.2, 0.25) is 0 Å². The number of hydrogen-bond donors (Lipinski definition) is 0. The molecular weight excluding hydrogens is 330 g/mol. The first kappa shape index (κ1) is 17.7. The van der Waals surface area contributed by atoms with E-state index in [1.54, 1.807) is 13.0 Å². The second kappa shape index (κ2) is 7.75. The Morgan fingerprint density at radius 2 is 2.00 bits per heavy atom. The van der Waals surface area contributed by atoms with Crippen molar-refractivity contribution < 1.29 is 14.3 Å². The van der Waals surface area contributed by atoms with Gasteiger partial charge in [-0.25, -0.2) is 0 Å². The second-order valence-electron chi connectivity index (χ2n) is 5.39. The topological polar surface area (TPSA) is 46.6 Å². The quantitative estimate of drug-likeness (QED) is 0.462. The average molecular weight is 349 g/mol. The van der Waals surface area contributed by atoms with Crippen molar-refractivity contribution in [1.29, 1.82) is 0 Å². The minimum absolute atomic E-state index is 0.137. The fraction of sp³-hybridized carbons (Fsp3) is 0.353. The molecule has 6 heteroatoms. The predicted molar refractivity (Wildman–Crippen MR) is 97.0 cm³/mol. The van der Waals surface area contributed by atoms with Crippen molar-refractivity contribution in [2.45, 2.75) is 26.7 Å². The lowest BCUT2D eigenvalue weighted by Crippen LogP contribution is -2.34. The number of amides is 1. The highest BCUT2D eigenvalue weighted by molar-refractivity contribution is 8.26. The number of thioether (sulfide) groups is 1. The summed E-state index contributed by atoms with van der Waals surface area (Å²) in [6.45, 7) is 6.14. The van der Waals surface area contributed by atoms with E-state index in [-0.39, 0.29) is 19.1 Å². The maximum atomic E-state index is 12.4. The number of carbonyl (C=O) groups is 2. The van der Waals surface area contributed by atoms with Gasteiger partial charge in [0.25, 0.3) is 5.91 Å². The summed E-state index contributed by atoms with van der Waals surface area (Å²) >= 11 is 6.40. The van der Waals surface area contributed by atoms with Gasteiger partial charge in [0.2, 0.25) is 0 Å². The van der Waals surface area contributed by atoms with E-state index in [1.165, 1.54) is 22.2 Å². The van der Waals surface area contributed by atoms with Gasteiger partial charge in [0.05, 0.1) is 11.5 Å². The molecule has 2 rings (SSSR count). The molecule has 0 unspecified atom stereocenters. The van der Waals surface area contributed by atoms with Crippen molar-refractivity contribution in [3.63, 3.8) is 0 Å². The SMILES string of the molecule is CCOC(=O)CN1C(=O)/C(=C/c2ccc(C(C)C)cc2)SC1=S. The molecule has 0 N–H and O–H groups in total. The van der Waals surface area contributed by atoms with Crippen molar-refractivity contribution >= 4 is 46.3 Å². The highest BCUT2D eigenvalue weighted by Gasteiger charge is 2.33. The van der Waals surface area contributed by atoms with E-state index in [2.05, 4.69) is 26.0 Å². The van der Waals surface area contributed by atoms with E-state index in [0.717, 1.165) is 5.56 Å². The molecule has 1 aromatic rings. The Morgan fingerprint density at radius 3 is 2.57 bits per heavy atom. The van der Waals surface area contributed by atoms with Crippen molar-refractivity contribution in [3.8, 4) is 0 Å². The number of nitrogens with zero attached hydrogens (tertiary/aromatic N) is 1. The molecule has 0 aliphatic carbocycles. The van der Waals surface area contributed by atoms with Gasteiger partial charge < -0.3 is 4.74 Å². The number of hydrogen-bond acceptors (Lipinski definition) is 5. The summed E-state index contributed by atoms with van der Waals surface area (Å²) in [7, 11) is 0. The molecule has 0 saturated carbocycles. The van der Waals surface area contributed by atoms with Gasteiger partial charge in [0, 0.05) is 0 Å². The molecule has 0 atom stereocenters. The third-order valence-corrected chi connectivity index (χ3v) is 4.74. The summed E-state index contributed by atoms with van der Waals surface area (Å²) < 4.78 is 5.25. The molecule has 1 heterocycles. The van der Waals surface area contributed by atoms with Crippen LogP contribution in [0.5, 0.6) is 0 Å². The third kappa shape index (κ3) is 4.42. The number of benzene rings is 1. The maximum absolute atomic E-state index is 12.4. The van der Waals surface area contributed by atoms with Crippen molar-refractivity contribution in [2.24, 2.45) is 0 Å². The van der Waals surface area contributed by atoms with Crippen LogP contribution in [-0.2, 0) is 14.3 Å². The lowest BCUT2D eigenvalue weighted by molar-refractivity contribution is -0.145. The van der Waals surface area contributed by atoms with Gasteiger partial charge in [-0.05, 0) is 30.0 Å². The Bertz CT molecular complexity index is 650. The number of esters is 1. The zero-order chi connectivity index (χ0) is 17.0. The summed E-state index contributed by atoms with van der Waals surface area (Å²) in [5.74, 6) is -0.237. The van der Waals surface area contributed by atoms with E-state index in [9.17, 15) is 9.59 Å². The summed E-state index contributed by atoms with van der Waals surface area (Å²) in [6, 6.07) is 8.06. The predicted octanol–water partition coefficient (Wildman–Crippen LogP) is 3.57. The molecule has 1 amide bonds. The lowest BCUT2D eigenvalue weighted by Gasteiger charge is -2.12. The molecule has 4 nitrogen and oxygen atoms in total. The summed E-state index contributed by atoms with van der Waals surface area (Å²) in [4.78, 5) is 25.7. The summed E-state index contributed by atoms with van der Waals surface area (Å²) in [5.41, 5.74) is 2.18. The smallest absolute Gasteiger partial charge is 0.326 e. The van der Waals surface area contributed by atoms with Gasteiger partial charge in [0.15, 0.2) is 0 Å². The van der Waals surface area contributed by atoms with Crippen LogP contribution in [0.25, 0.3) is 6.08 Å². The Labute approximate surface area is 145 Å². The van der Waals surface area contributed by atoms with Gasteiger partial charge in [-0.3, -0.25) is 14.5 Å². The van der Waals surface area contributed by atoms with Crippen LogP contribution in [0.3, 0.4) is 0 Å². The first-order valence-electron chi connectivity index (χ1n) is 7.43. The maximum Gasteiger partial charge on any atom is 0.326 e. The number of rotatable bonds is 5. The van der Waals surface area contributed by atoms with E-state index in [1.807, 2.05) is 12.1 Å². The second-order valence-corrected chi connectivity index (χ2v) is 7.07. The van der Waals surface area contributed by atoms with Crippen molar-refractivity contribution in [2.75, 3.05) is 13.2 Å². The fourth-order valence-corrected chi connectivity index (χ4v) is 3.36. The largest absolute Gasteiger partial charge is 0.465 e. The Morgan fingerprint density at radius 1 is 1.35 bits per heavy atom. The van der Waals surface area contributed by atoms with Crippen LogP contribution in [0.1, 0.15) is 37.8 Å². The van der Waals surface area contributed by atoms with E-state index in [0.29, 0.717) is 15.1 Å². The monoisotopic (exact) mass is 349 g/mol. The van der Waals surface area contributed by atoms with Crippen LogP contribution < -0.4 is 0 Å². The minimum Gasteiger partial charge on any atom is -0.465 e. The van der Waals surface area contributed by atoms with Gasteiger partial charge in [-0.2, -0.15) is 0 Å². The molecule has 1 aliphatic heterocycles. The Hall–Kier alpha value is -1.66. The van der Waals surface area contributed by atoms with Crippen molar-refractivity contribution in [3.05, 3.63) is 40.3 Å². The van der Waals surface area contributed by atoms with Gasteiger partial charge in [-0.15, -0.1) is 0 Å². The number of ether oxygens (including phenoxy) is 1. The van der Waals surface area contributed by atoms with Gasteiger partial charge in [-0.1, -0.05) is 62.1 Å². The standard InChI is InChI=1S/C17H19NO3S2/c1-4-21-15(19)10-18-16(20)14(23-17(18)22)9-12-5-7-13(8-6-12)11(2)3/h5-9,11H,4,10H2,1-3H3/b14-9-. The molecule has 1 saturated heterocycles. The first-order chi connectivity index (χ1) is 10.9. The summed E-state index contributed by atoms with van der Waals surface area (Å²) in [5, 5.41) is 0. The molecule has 1 fully saturated rings. The molecule has 1 aromatic carbocycles. The fourth-order valence-electron chi connectivity index (χ4n) is 2.10. The zero-order valence-electron chi connectivity index (χ0n) is 13.4. The Kier molecular flexibility index (Phi) is 5.96. The van der Waals surface area contributed by atoms with E-state index < -0.39 is 5.97 Å². The highest BCUT2D eigenvalue weighted by Crippen LogP contribution is 2.32. The van der Waals surface area contributed by atoms with E-state index >= 15 is 0 Å². The van der Waals surface area contributed by atoms with Crippen LogP contribution in [0, 0.1) is 0 Å². The van der Waals surface area contributed by atoms with Crippen LogP contribution >= 0.6 is 24.0 Å². The third-order valence-electron chi connectivity index (χ3n) is 3.37. The highest BCUT2D eigenvalue weighted by atomic mass is 32.2.